The molecule has 0 aromatic carbocycles. The molecule has 0 bridgehead atoms. The van der Waals surface area contributed by atoms with E-state index in [-0.39, 0.29) is 12.0 Å². The lowest BCUT2D eigenvalue weighted by molar-refractivity contribution is 0.0677. The van der Waals surface area contributed by atoms with Gasteiger partial charge in [-0.3, -0.25) is 0 Å². The van der Waals surface area contributed by atoms with Gasteiger partial charge in [0.1, 0.15) is 0 Å². The second-order valence-corrected chi connectivity index (χ2v) is 5.95. The first-order valence-electron chi connectivity index (χ1n) is 5.73. The maximum atomic E-state index is 9.57. The van der Waals surface area contributed by atoms with Crippen LogP contribution in [0, 0.1) is 5.41 Å². The first kappa shape index (κ1) is 14.9. The Kier molecular flexibility index (Phi) is 5.78. The summed E-state index contributed by atoms with van der Waals surface area (Å²) in [4.78, 5) is 0. The summed E-state index contributed by atoms with van der Waals surface area (Å²) in [7, 11) is 0. The zero-order chi connectivity index (χ0) is 12.1. The number of nitrogens with one attached hydrogen (secondary N) is 1. The van der Waals surface area contributed by atoms with E-state index in [1.165, 1.54) is 0 Å². The lowest BCUT2D eigenvalue weighted by Gasteiger charge is -2.32. The van der Waals surface area contributed by atoms with Gasteiger partial charge in [0, 0.05) is 12.6 Å². The van der Waals surface area contributed by atoms with Gasteiger partial charge in [-0.25, -0.2) is 0 Å². The maximum Gasteiger partial charge on any atom is 0.0603 e. The molecule has 15 heavy (non-hydrogen) atoms. The highest BCUT2D eigenvalue weighted by Crippen LogP contribution is 2.21. The van der Waals surface area contributed by atoms with Gasteiger partial charge in [-0.2, -0.15) is 0 Å². The van der Waals surface area contributed by atoms with E-state index in [9.17, 15) is 5.11 Å². The first-order chi connectivity index (χ1) is 6.67. The van der Waals surface area contributed by atoms with Gasteiger partial charge >= 0.3 is 0 Å². The molecule has 0 heterocycles. The molecule has 3 N–H and O–H groups in total. The monoisotopic (exact) mass is 217 g/mol. The highest BCUT2D eigenvalue weighted by molar-refractivity contribution is 4.81. The Labute approximate surface area is 93.9 Å². The molecular weight excluding hydrogens is 190 g/mol. The van der Waals surface area contributed by atoms with Crippen molar-refractivity contribution in [1.82, 2.24) is 5.32 Å². The first-order valence-corrected chi connectivity index (χ1v) is 5.73. The summed E-state index contributed by atoms with van der Waals surface area (Å²) in [5.41, 5.74) is -0.475. The molecule has 0 fully saturated rings. The molecule has 1 unspecified atom stereocenters. The fourth-order valence-electron chi connectivity index (χ4n) is 1.52. The van der Waals surface area contributed by atoms with E-state index in [1.807, 2.05) is 13.8 Å². The second-order valence-electron chi connectivity index (χ2n) is 5.95. The van der Waals surface area contributed by atoms with Crippen molar-refractivity contribution in [2.75, 3.05) is 13.2 Å². The van der Waals surface area contributed by atoms with Crippen molar-refractivity contribution in [3.05, 3.63) is 0 Å². The predicted molar refractivity (Wildman–Crippen MR) is 63.9 cm³/mol. The summed E-state index contributed by atoms with van der Waals surface area (Å²) in [6.07, 6.45) is 1.49. The van der Waals surface area contributed by atoms with E-state index in [0.717, 1.165) is 19.4 Å². The van der Waals surface area contributed by atoms with Crippen LogP contribution in [0.2, 0.25) is 0 Å². The zero-order valence-corrected chi connectivity index (χ0v) is 10.8. The Morgan fingerprint density at radius 1 is 1.13 bits per heavy atom. The largest absolute Gasteiger partial charge is 0.396 e. The molecule has 92 valence electrons. The summed E-state index contributed by atoms with van der Waals surface area (Å²) >= 11 is 0. The summed E-state index contributed by atoms with van der Waals surface area (Å²) in [5, 5.41) is 21.9. The van der Waals surface area contributed by atoms with E-state index in [0.29, 0.717) is 6.04 Å². The maximum absolute atomic E-state index is 9.57. The molecule has 0 saturated carbocycles. The summed E-state index contributed by atoms with van der Waals surface area (Å²) in [5.74, 6) is 0. The van der Waals surface area contributed by atoms with Crippen LogP contribution < -0.4 is 5.32 Å². The minimum Gasteiger partial charge on any atom is -0.396 e. The average Bonchev–Trinajstić information content (AvgIpc) is 1.98. The molecule has 0 aromatic heterocycles. The van der Waals surface area contributed by atoms with Gasteiger partial charge < -0.3 is 15.5 Å². The molecule has 1 atom stereocenters. The van der Waals surface area contributed by atoms with Crippen LogP contribution in [0.4, 0.5) is 0 Å². The number of hydrogen-bond donors (Lipinski definition) is 3. The third-order valence-electron chi connectivity index (χ3n) is 2.59. The lowest BCUT2D eigenvalue weighted by Crippen LogP contribution is -2.42. The predicted octanol–water partition coefficient (Wildman–Crippen LogP) is 1.53. The molecule has 0 aromatic rings. The second kappa shape index (κ2) is 5.83. The molecule has 0 radical (unpaired) electrons. The number of aliphatic hydroxyl groups is 2. The Morgan fingerprint density at radius 3 is 2.00 bits per heavy atom. The van der Waals surface area contributed by atoms with Crippen LogP contribution in [0.25, 0.3) is 0 Å². The molecule has 0 aliphatic carbocycles. The molecule has 3 heteroatoms. The zero-order valence-electron chi connectivity index (χ0n) is 10.8. The van der Waals surface area contributed by atoms with Gasteiger partial charge in [-0.1, -0.05) is 20.8 Å². The molecule has 0 saturated heterocycles. The highest BCUT2D eigenvalue weighted by Gasteiger charge is 2.24. The average molecular weight is 217 g/mol. The van der Waals surface area contributed by atoms with E-state index in [1.54, 1.807) is 0 Å². The number of rotatable bonds is 6. The smallest absolute Gasteiger partial charge is 0.0603 e. The van der Waals surface area contributed by atoms with Crippen molar-refractivity contribution in [2.45, 2.75) is 59.1 Å². The van der Waals surface area contributed by atoms with Crippen molar-refractivity contribution in [2.24, 2.45) is 5.41 Å². The van der Waals surface area contributed by atoms with Gasteiger partial charge in [0.05, 0.1) is 5.60 Å². The van der Waals surface area contributed by atoms with Crippen molar-refractivity contribution >= 4 is 0 Å². The topological polar surface area (TPSA) is 52.5 Å². The van der Waals surface area contributed by atoms with E-state index in [4.69, 9.17) is 5.11 Å². The van der Waals surface area contributed by atoms with E-state index >= 15 is 0 Å². The molecule has 0 spiro atoms. The van der Waals surface area contributed by atoms with Gasteiger partial charge in [-0.15, -0.1) is 0 Å². The summed E-state index contributed by atoms with van der Waals surface area (Å²) < 4.78 is 0. The van der Waals surface area contributed by atoms with Gasteiger partial charge in [-0.05, 0) is 38.6 Å². The fourth-order valence-corrected chi connectivity index (χ4v) is 1.52. The van der Waals surface area contributed by atoms with Crippen LogP contribution in [-0.2, 0) is 0 Å². The summed E-state index contributed by atoms with van der Waals surface area (Å²) in [6, 6.07) is 0.296. The third kappa shape index (κ3) is 7.77. The molecule has 0 aliphatic rings. The third-order valence-corrected chi connectivity index (χ3v) is 2.59. The van der Waals surface area contributed by atoms with Gasteiger partial charge in [0.15, 0.2) is 0 Å². The molecule has 0 aliphatic heterocycles. The molecule has 0 rings (SSSR count). The Balaban J connectivity index is 3.98. The van der Waals surface area contributed by atoms with E-state index in [2.05, 4.69) is 26.1 Å². The molecule has 3 nitrogen and oxygen atoms in total. The van der Waals surface area contributed by atoms with Gasteiger partial charge in [0.2, 0.25) is 0 Å². The molecular formula is C12H27NO2. The SMILES string of the molecule is CC(C)(O)CCNC(CCO)C(C)(C)C. The highest BCUT2D eigenvalue weighted by atomic mass is 16.3. The fraction of sp³-hybridized carbons (Fsp3) is 1.00. The Hall–Kier alpha value is -0.120. The van der Waals surface area contributed by atoms with Crippen LogP contribution in [0.15, 0.2) is 0 Å². The number of hydrogen-bond acceptors (Lipinski definition) is 3. The molecule has 0 amide bonds. The number of aliphatic hydroxyl groups excluding tert-OH is 1. The standard InChI is InChI=1S/C12H27NO2/c1-11(2,3)10(6-9-14)13-8-7-12(4,5)15/h10,13-15H,6-9H2,1-5H3. The Morgan fingerprint density at radius 2 is 1.67 bits per heavy atom. The normalized spacial score (nSPS) is 15.4. The van der Waals surface area contributed by atoms with Crippen LogP contribution in [0.5, 0.6) is 0 Å². The van der Waals surface area contributed by atoms with E-state index < -0.39 is 5.60 Å². The minimum absolute atomic E-state index is 0.141. The van der Waals surface area contributed by atoms with Crippen LogP contribution >= 0.6 is 0 Å². The van der Waals surface area contributed by atoms with Crippen LogP contribution in [0.3, 0.4) is 0 Å². The van der Waals surface area contributed by atoms with Crippen molar-refractivity contribution < 1.29 is 10.2 Å². The van der Waals surface area contributed by atoms with Crippen molar-refractivity contribution in [1.29, 1.82) is 0 Å². The lowest BCUT2D eigenvalue weighted by atomic mass is 9.84. The quantitative estimate of drug-likeness (QED) is 0.632. The Bertz CT molecular complexity index is 167. The van der Waals surface area contributed by atoms with Crippen molar-refractivity contribution in [3.8, 4) is 0 Å². The van der Waals surface area contributed by atoms with Crippen molar-refractivity contribution in [3.63, 3.8) is 0 Å². The van der Waals surface area contributed by atoms with Gasteiger partial charge in [0.25, 0.3) is 0 Å². The van der Waals surface area contributed by atoms with Crippen LogP contribution in [0.1, 0.15) is 47.5 Å². The van der Waals surface area contributed by atoms with Crippen LogP contribution in [-0.4, -0.2) is 35.0 Å². The summed E-state index contributed by atoms with van der Waals surface area (Å²) in [6.45, 7) is 11.1. The minimum atomic E-state index is -0.616.